The maximum Gasteiger partial charge on any atom is 0.263 e. The molecule has 4 aromatic rings. The van der Waals surface area contributed by atoms with Crippen molar-refractivity contribution in [1.82, 2.24) is 19.8 Å². The lowest BCUT2D eigenvalue weighted by Crippen LogP contribution is -2.14. The molecule has 4 rings (SSSR count). The van der Waals surface area contributed by atoms with Crippen LogP contribution in [0.2, 0.25) is 0 Å². The molecule has 0 unspecified atom stereocenters. The second kappa shape index (κ2) is 6.75. The van der Waals surface area contributed by atoms with Gasteiger partial charge in [0.15, 0.2) is 17.3 Å². The van der Waals surface area contributed by atoms with Crippen molar-refractivity contribution in [2.24, 2.45) is 0 Å². The predicted molar refractivity (Wildman–Crippen MR) is 106 cm³/mol. The Morgan fingerprint density at radius 1 is 1.00 bits per heavy atom. The number of hydrogen-bond donors (Lipinski definition) is 1. The zero-order chi connectivity index (χ0) is 19.0. The third kappa shape index (κ3) is 3.56. The Morgan fingerprint density at radius 3 is 2.52 bits per heavy atom. The van der Waals surface area contributed by atoms with Crippen LogP contribution in [0, 0.1) is 6.92 Å². The fraction of sp³-hybridized carbons (Fsp3) is 0.0556. The van der Waals surface area contributed by atoms with Gasteiger partial charge in [-0.15, -0.1) is 15.3 Å². The average molecular weight is 444 g/mol. The van der Waals surface area contributed by atoms with Crippen molar-refractivity contribution in [3.05, 3.63) is 70.7 Å². The second-order valence-corrected chi connectivity index (χ2v) is 8.54. The minimum absolute atomic E-state index is 0.148. The van der Waals surface area contributed by atoms with Gasteiger partial charge in [-0.1, -0.05) is 39.7 Å². The second-order valence-electron chi connectivity index (χ2n) is 5.94. The van der Waals surface area contributed by atoms with Gasteiger partial charge >= 0.3 is 0 Å². The molecule has 136 valence electrons. The van der Waals surface area contributed by atoms with Crippen molar-refractivity contribution in [1.29, 1.82) is 0 Å². The van der Waals surface area contributed by atoms with E-state index in [0.717, 1.165) is 15.6 Å². The molecular weight excluding hydrogens is 430 g/mol. The Labute approximate surface area is 164 Å². The minimum atomic E-state index is -3.75. The van der Waals surface area contributed by atoms with E-state index in [0.29, 0.717) is 11.5 Å². The first-order valence-corrected chi connectivity index (χ1v) is 10.3. The summed E-state index contributed by atoms with van der Waals surface area (Å²) in [6, 6.07) is 17.4. The first-order valence-electron chi connectivity index (χ1n) is 8.00. The van der Waals surface area contributed by atoms with Crippen LogP contribution in [0.4, 0.5) is 5.82 Å². The molecule has 0 amide bonds. The summed E-state index contributed by atoms with van der Waals surface area (Å²) in [7, 11) is -3.75. The predicted octanol–water partition coefficient (Wildman–Crippen LogP) is 3.66. The SMILES string of the molecule is Cc1cccc(-c2nnc3ccc(NS(=O)(=O)c4ccc(Br)cc4)nn23)c1. The molecule has 1 N–H and O–H groups in total. The van der Waals surface area contributed by atoms with E-state index in [2.05, 4.69) is 35.9 Å². The number of aryl methyl sites for hydroxylation is 1. The monoisotopic (exact) mass is 443 g/mol. The van der Waals surface area contributed by atoms with Crippen molar-refractivity contribution >= 4 is 37.4 Å². The van der Waals surface area contributed by atoms with E-state index >= 15 is 0 Å². The third-order valence-electron chi connectivity index (χ3n) is 3.90. The molecule has 0 atom stereocenters. The third-order valence-corrected chi connectivity index (χ3v) is 5.80. The van der Waals surface area contributed by atoms with Gasteiger partial charge in [0.1, 0.15) is 0 Å². The number of sulfonamides is 1. The summed E-state index contributed by atoms with van der Waals surface area (Å²) in [5, 5.41) is 12.6. The highest BCUT2D eigenvalue weighted by Gasteiger charge is 2.16. The fourth-order valence-electron chi connectivity index (χ4n) is 2.62. The molecule has 7 nitrogen and oxygen atoms in total. The van der Waals surface area contributed by atoms with Crippen molar-refractivity contribution in [3.63, 3.8) is 0 Å². The highest BCUT2D eigenvalue weighted by atomic mass is 79.9. The van der Waals surface area contributed by atoms with Gasteiger partial charge in [0.25, 0.3) is 10.0 Å². The van der Waals surface area contributed by atoms with Gasteiger partial charge in [0.05, 0.1) is 4.90 Å². The molecule has 2 aromatic carbocycles. The molecule has 0 aliphatic carbocycles. The number of aromatic nitrogens is 4. The number of halogens is 1. The van der Waals surface area contributed by atoms with Crippen molar-refractivity contribution in [2.75, 3.05) is 4.72 Å². The lowest BCUT2D eigenvalue weighted by atomic mass is 10.1. The van der Waals surface area contributed by atoms with E-state index in [4.69, 9.17) is 0 Å². The number of hydrogen-bond acceptors (Lipinski definition) is 5. The normalized spacial score (nSPS) is 11.6. The van der Waals surface area contributed by atoms with Crippen LogP contribution in [-0.2, 0) is 10.0 Å². The van der Waals surface area contributed by atoms with Crippen LogP contribution in [0.1, 0.15) is 5.56 Å². The van der Waals surface area contributed by atoms with E-state index in [1.165, 1.54) is 16.6 Å². The van der Waals surface area contributed by atoms with Gasteiger partial charge < -0.3 is 0 Å². The van der Waals surface area contributed by atoms with E-state index < -0.39 is 10.0 Å². The number of anilines is 1. The molecule has 0 radical (unpaired) electrons. The first kappa shape index (κ1) is 17.6. The average Bonchev–Trinajstić information content (AvgIpc) is 3.05. The topological polar surface area (TPSA) is 89.2 Å². The number of fused-ring (bicyclic) bond motifs is 1. The molecule has 0 bridgehead atoms. The summed E-state index contributed by atoms with van der Waals surface area (Å²) < 4.78 is 30.0. The van der Waals surface area contributed by atoms with Crippen LogP contribution in [0.25, 0.3) is 17.0 Å². The summed E-state index contributed by atoms with van der Waals surface area (Å²) in [6.07, 6.45) is 0. The molecule has 0 fully saturated rings. The molecule has 0 saturated carbocycles. The van der Waals surface area contributed by atoms with E-state index in [1.54, 1.807) is 24.3 Å². The number of benzene rings is 2. The zero-order valence-corrected chi connectivity index (χ0v) is 16.6. The lowest BCUT2D eigenvalue weighted by molar-refractivity contribution is 0.601. The highest BCUT2D eigenvalue weighted by Crippen LogP contribution is 2.21. The molecule has 27 heavy (non-hydrogen) atoms. The Balaban J connectivity index is 1.73. The Bertz CT molecular complexity index is 1240. The van der Waals surface area contributed by atoms with Gasteiger partial charge in [0.2, 0.25) is 0 Å². The molecule has 2 aromatic heterocycles. The zero-order valence-electron chi connectivity index (χ0n) is 14.2. The maximum absolute atomic E-state index is 12.6. The van der Waals surface area contributed by atoms with Crippen LogP contribution in [0.15, 0.2) is 70.0 Å². The summed E-state index contributed by atoms with van der Waals surface area (Å²) in [6.45, 7) is 1.98. The molecule has 0 aliphatic heterocycles. The van der Waals surface area contributed by atoms with Gasteiger partial charge in [-0.2, -0.15) is 4.52 Å². The minimum Gasteiger partial charge on any atom is -0.262 e. The van der Waals surface area contributed by atoms with Gasteiger partial charge in [-0.05, 0) is 49.4 Å². The van der Waals surface area contributed by atoms with Gasteiger partial charge in [-0.3, -0.25) is 4.72 Å². The fourth-order valence-corrected chi connectivity index (χ4v) is 3.88. The van der Waals surface area contributed by atoms with Crippen LogP contribution >= 0.6 is 15.9 Å². The number of rotatable bonds is 4. The molecule has 0 spiro atoms. The Kier molecular flexibility index (Phi) is 4.40. The summed E-state index contributed by atoms with van der Waals surface area (Å²) in [4.78, 5) is 0.148. The summed E-state index contributed by atoms with van der Waals surface area (Å²) in [5.74, 6) is 0.720. The van der Waals surface area contributed by atoms with Crippen LogP contribution in [-0.4, -0.2) is 28.2 Å². The summed E-state index contributed by atoms with van der Waals surface area (Å²) >= 11 is 3.29. The Morgan fingerprint density at radius 2 is 1.78 bits per heavy atom. The Hall–Kier alpha value is -2.78. The quantitative estimate of drug-likeness (QED) is 0.519. The van der Waals surface area contributed by atoms with E-state index in [1.807, 2.05) is 31.2 Å². The van der Waals surface area contributed by atoms with Crippen molar-refractivity contribution < 1.29 is 8.42 Å². The van der Waals surface area contributed by atoms with Crippen LogP contribution in [0.5, 0.6) is 0 Å². The van der Waals surface area contributed by atoms with Crippen molar-refractivity contribution in [3.8, 4) is 11.4 Å². The smallest absolute Gasteiger partial charge is 0.262 e. The lowest BCUT2D eigenvalue weighted by Gasteiger charge is -2.08. The van der Waals surface area contributed by atoms with Crippen LogP contribution in [0.3, 0.4) is 0 Å². The van der Waals surface area contributed by atoms with E-state index in [9.17, 15) is 8.42 Å². The standard InChI is InChI=1S/C18H14BrN5O2S/c1-12-3-2-4-13(11-12)18-21-20-17-10-9-16(22-24(17)18)23-27(25,26)15-7-5-14(19)6-8-15/h2-11H,1H3,(H,22,23). The summed E-state index contributed by atoms with van der Waals surface area (Å²) in [5.41, 5.74) is 2.46. The molecule has 0 aliphatic rings. The molecule has 0 saturated heterocycles. The maximum atomic E-state index is 12.6. The molecule has 9 heteroatoms. The number of nitrogens with one attached hydrogen (secondary N) is 1. The first-order chi connectivity index (χ1) is 12.9. The van der Waals surface area contributed by atoms with E-state index in [-0.39, 0.29) is 10.7 Å². The van der Waals surface area contributed by atoms with Crippen LogP contribution < -0.4 is 4.72 Å². The van der Waals surface area contributed by atoms with Gasteiger partial charge in [0, 0.05) is 10.0 Å². The molecular formula is C18H14BrN5O2S. The number of nitrogens with zero attached hydrogens (tertiary/aromatic N) is 4. The van der Waals surface area contributed by atoms with Crippen molar-refractivity contribution in [2.45, 2.75) is 11.8 Å². The molecule has 2 heterocycles. The highest BCUT2D eigenvalue weighted by molar-refractivity contribution is 9.10. The largest absolute Gasteiger partial charge is 0.263 e. The van der Waals surface area contributed by atoms with Gasteiger partial charge in [-0.25, -0.2) is 8.42 Å².